The Labute approximate surface area is 160 Å². The Morgan fingerprint density at radius 2 is 1.88 bits per heavy atom. The minimum Gasteiger partial charge on any atom is -0.496 e. The molecule has 1 unspecified atom stereocenters. The molecule has 26 heavy (non-hydrogen) atoms. The summed E-state index contributed by atoms with van der Waals surface area (Å²) in [6.45, 7) is 1.18. The zero-order valence-corrected chi connectivity index (χ0v) is 16.1. The van der Waals surface area contributed by atoms with E-state index in [0.717, 1.165) is 10.0 Å². The van der Waals surface area contributed by atoms with Crippen LogP contribution in [0.4, 0.5) is 0 Å². The summed E-state index contributed by atoms with van der Waals surface area (Å²) in [5.74, 6) is 0.189. The van der Waals surface area contributed by atoms with Crippen molar-refractivity contribution in [2.24, 2.45) is 0 Å². The van der Waals surface area contributed by atoms with E-state index in [9.17, 15) is 9.59 Å². The zero-order chi connectivity index (χ0) is 18.9. The van der Waals surface area contributed by atoms with E-state index < -0.39 is 11.9 Å². The number of esters is 1. The number of halogens is 1. The summed E-state index contributed by atoms with van der Waals surface area (Å²) < 4.78 is 16.4. The molecule has 1 atom stereocenters. The van der Waals surface area contributed by atoms with E-state index in [0.29, 0.717) is 11.5 Å². The van der Waals surface area contributed by atoms with Crippen LogP contribution in [0.25, 0.3) is 0 Å². The molecule has 0 aliphatic carbocycles. The first kappa shape index (κ1) is 19.8. The van der Waals surface area contributed by atoms with Gasteiger partial charge in [-0.2, -0.15) is 0 Å². The van der Waals surface area contributed by atoms with Crippen molar-refractivity contribution in [3.63, 3.8) is 0 Å². The van der Waals surface area contributed by atoms with Gasteiger partial charge in [0.25, 0.3) is 5.91 Å². The van der Waals surface area contributed by atoms with Crippen molar-refractivity contribution >= 4 is 27.8 Å². The van der Waals surface area contributed by atoms with Gasteiger partial charge in [-0.1, -0.05) is 40.2 Å². The highest BCUT2D eigenvalue weighted by atomic mass is 79.9. The molecular formula is C19H20BrNO5. The van der Waals surface area contributed by atoms with Crippen molar-refractivity contribution in [3.8, 4) is 11.5 Å². The fourth-order valence-electron chi connectivity index (χ4n) is 2.27. The fraction of sp³-hybridized carbons (Fsp3) is 0.263. The quantitative estimate of drug-likeness (QED) is 0.662. The summed E-state index contributed by atoms with van der Waals surface area (Å²) in [6, 6.07) is 14.2. The molecule has 0 heterocycles. The minimum absolute atomic E-state index is 0.272. The molecule has 0 bridgehead atoms. The Balaban J connectivity index is 1.76. The molecule has 0 saturated carbocycles. The van der Waals surface area contributed by atoms with Gasteiger partial charge < -0.3 is 19.5 Å². The van der Waals surface area contributed by atoms with E-state index in [1.807, 2.05) is 37.3 Å². The lowest BCUT2D eigenvalue weighted by molar-refractivity contribution is -0.150. The van der Waals surface area contributed by atoms with E-state index in [4.69, 9.17) is 14.2 Å². The van der Waals surface area contributed by atoms with Gasteiger partial charge in [-0.05, 0) is 31.2 Å². The third-order valence-electron chi connectivity index (χ3n) is 3.50. The lowest BCUT2D eigenvalue weighted by Crippen LogP contribution is -2.32. The minimum atomic E-state index is -0.620. The van der Waals surface area contributed by atoms with Crippen LogP contribution in [0.15, 0.2) is 53.0 Å². The molecular weight excluding hydrogens is 402 g/mol. The number of methoxy groups -OCH3 is 1. The highest BCUT2D eigenvalue weighted by Gasteiger charge is 2.15. The molecule has 0 saturated heterocycles. The first-order chi connectivity index (χ1) is 12.5. The third-order valence-corrected chi connectivity index (χ3v) is 3.99. The van der Waals surface area contributed by atoms with Crippen LogP contribution in [0.5, 0.6) is 11.5 Å². The van der Waals surface area contributed by atoms with Gasteiger partial charge >= 0.3 is 5.97 Å². The zero-order valence-electron chi connectivity index (χ0n) is 14.5. The molecule has 2 rings (SSSR count). The van der Waals surface area contributed by atoms with Crippen LogP contribution in [-0.4, -0.2) is 32.2 Å². The third kappa shape index (κ3) is 6.07. The topological polar surface area (TPSA) is 73.9 Å². The lowest BCUT2D eigenvalue weighted by Gasteiger charge is -2.17. The maximum atomic E-state index is 12.0. The lowest BCUT2D eigenvalue weighted by atomic mass is 10.1. The number of benzene rings is 2. The maximum absolute atomic E-state index is 12.0. The highest BCUT2D eigenvalue weighted by Crippen LogP contribution is 2.24. The number of ether oxygens (including phenoxy) is 3. The number of amides is 1. The van der Waals surface area contributed by atoms with Crippen molar-refractivity contribution < 1.29 is 23.8 Å². The van der Waals surface area contributed by atoms with Gasteiger partial charge in [-0.15, -0.1) is 0 Å². The summed E-state index contributed by atoms with van der Waals surface area (Å²) in [4.78, 5) is 23.7. The van der Waals surface area contributed by atoms with Crippen molar-refractivity contribution in [1.29, 1.82) is 0 Å². The van der Waals surface area contributed by atoms with Crippen LogP contribution in [0.3, 0.4) is 0 Å². The number of rotatable bonds is 8. The largest absolute Gasteiger partial charge is 0.496 e. The molecule has 0 radical (unpaired) electrons. The van der Waals surface area contributed by atoms with E-state index in [1.165, 1.54) is 0 Å². The summed E-state index contributed by atoms with van der Waals surface area (Å²) in [7, 11) is 1.57. The number of para-hydroxylation sites is 1. The average molecular weight is 422 g/mol. The highest BCUT2D eigenvalue weighted by molar-refractivity contribution is 9.10. The molecule has 7 heteroatoms. The number of hydrogen-bond acceptors (Lipinski definition) is 5. The van der Waals surface area contributed by atoms with Crippen molar-refractivity contribution in [1.82, 2.24) is 5.32 Å². The van der Waals surface area contributed by atoms with Crippen LogP contribution in [0, 0.1) is 0 Å². The van der Waals surface area contributed by atoms with Crippen LogP contribution in [-0.2, 0) is 14.3 Å². The van der Waals surface area contributed by atoms with Gasteiger partial charge in [0.05, 0.1) is 13.2 Å². The van der Waals surface area contributed by atoms with E-state index >= 15 is 0 Å². The Morgan fingerprint density at radius 1 is 1.12 bits per heavy atom. The molecule has 1 N–H and O–H groups in total. The monoisotopic (exact) mass is 421 g/mol. The van der Waals surface area contributed by atoms with Crippen LogP contribution < -0.4 is 14.8 Å². The van der Waals surface area contributed by atoms with Gasteiger partial charge in [0.2, 0.25) is 0 Å². The molecule has 6 nitrogen and oxygen atoms in total. The smallest absolute Gasteiger partial charge is 0.344 e. The summed E-state index contributed by atoms with van der Waals surface area (Å²) in [5, 5.41) is 2.76. The van der Waals surface area contributed by atoms with Crippen LogP contribution in [0.2, 0.25) is 0 Å². The first-order valence-electron chi connectivity index (χ1n) is 7.96. The normalized spacial score (nSPS) is 11.3. The van der Waals surface area contributed by atoms with Gasteiger partial charge in [0.15, 0.2) is 13.2 Å². The molecule has 2 aromatic carbocycles. The van der Waals surface area contributed by atoms with E-state index in [2.05, 4.69) is 21.2 Å². The summed E-state index contributed by atoms with van der Waals surface area (Å²) in [6.07, 6.45) is 0. The molecule has 0 aliphatic rings. The second-order valence-electron chi connectivity index (χ2n) is 5.44. The SMILES string of the molecule is COc1ccccc1C(C)NC(=O)COC(=O)COc1cccc(Br)c1. The number of carbonyl (C=O) groups is 2. The van der Waals surface area contributed by atoms with Gasteiger partial charge in [-0.25, -0.2) is 4.79 Å². The summed E-state index contributed by atoms with van der Waals surface area (Å²) >= 11 is 3.31. The predicted molar refractivity (Wildman–Crippen MR) is 100 cm³/mol. The molecule has 2 aromatic rings. The Morgan fingerprint density at radius 3 is 2.62 bits per heavy atom. The molecule has 0 fully saturated rings. The summed E-state index contributed by atoms with van der Waals surface area (Å²) in [5.41, 5.74) is 0.840. The Kier molecular flexibility index (Phi) is 7.47. The van der Waals surface area contributed by atoms with E-state index in [-0.39, 0.29) is 19.3 Å². The second-order valence-corrected chi connectivity index (χ2v) is 6.35. The standard InChI is InChI=1S/C19H20BrNO5/c1-13(16-8-3-4-9-17(16)24-2)21-18(22)11-26-19(23)12-25-15-7-5-6-14(20)10-15/h3-10,13H,11-12H2,1-2H3,(H,21,22). The maximum Gasteiger partial charge on any atom is 0.344 e. The van der Waals surface area contributed by atoms with Gasteiger partial charge in [-0.3, -0.25) is 4.79 Å². The van der Waals surface area contributed by atoms with Crippen LogP contribution >= 0.6 is 15.9 Å². The second kappa shape index (κ2) is 9.82. The van der Waals surface area contributed by atoms with Gasteiger partial charge in [0.1, 0.15) is 11.5 Å². The number of hydrogen-bond donors (Lipinski definition) is 1. The Bertz CT molecular complexity index is 765. The molecule has 0 aliphatic heterocycles. The molecule has 0 spiro atoms. The molecule has 138 valence electrons. The first-order valence-corrected chi connectivity index (χ1v) is 8.75. The molecule has 1 amide bonds. The number of carbonyl (C=O) groups excluding carboxylic acids is 2. The fourth-order valence-corrected chi connectivity index (χ4v) is 2.65. The Hall–Kier alpha value is -2.54. The van der Waals surface area contributed by atoms with Crippen molar-refractivity contribution in [3.05, 3.63) is 58.6 Å². The van der Waals surface area contributed by atoms with Crippen LogP contribution in [0.1, 0.15) is 18.5 Å². The predicted octanol–water partition coefficient (Wildman–Crippen LogP) is 3.26. The van der Waals surface area contributed by atoms with E-state index in [1.54, 1.807) is 25.3 Å². The molecule has 0 aromatic heterocycles. The number of nitrogens with one attached hydrogen (secondary N) is 1. The van der Waals surface area contributed by atoms with Gasteiger partial charge in [0, 0.05) is 10.0 Å². The average Bonchev–Trinajstić information content (AvgIpc) is 2.64. The van der Waals surface area contributed by atoms with Crippen molar-refractivity contribution in [2.45, 2.75) is 13.0 Å². The van der Waals surface area contributed by atoms with Crippen molar-refractivity contribution in [2.75, 3.05) is 20.3 Å².